The van der Waals surface area contributed by atoms with Crippen molar-refractivity contribution in [1.29, 1.82) is 0 Å². The van der Waals surface area contributed by atoms with E-state index >= 15 is 0 Å². The third-order valence-electron chi connectivity index (χ3n) is 2.36. The first kappa shape index (κ1) is 7.02. The highest BCUT2D eigenvalue weighted by Gasteiger charge is 2.41. The lowest BCUT2D eigenvalue weighted by atomic mass is 10.1. The van der Waals surface area contributed by atoms with Crippen LogP contribution in [0.15, 0.2) is 0 Å². The first-order chi connectivity index (χ1) is 5.29. The molecule has 2 rings (SSSR count). The van der Waals surface area contributed by atoms with Crippen LogP contribution >= 0.6 is 0 Å². The number of nitrogens with two attached hydrogens (primary N) is 1. The van der Waals surface area contributed by atoms with Gasteiger partial charge in [0.1, 0.15) is 6.04 Å². The Morgan fingerprint density at radius 3 is 2.91 bits per heavy atom. The van der Waals surface area contributed by atoms with Crippen molar-refractivity contribution in [1.82, 2.24) is 16.0 Å². The fourth-order valence-electron chi connectivity index (χ4n) is 1.78. The molecule has 1 amide bonds. The van der Waals surface area contributed by atoms with Crippen molar-refractivity contribution in [2.45, 2.75) is 18.1 Å². The molecule has 2 heterocycles. The molecule has 2 fully saturated rings. The summed E-state index contributed by atoms with van der Waals surface area (Å²) in [6.45, 7) is 1.60. The molecule has 0 aliphatic carbocycles. The Morgan fingerprint density at radius 1 is 1.36 bits per heavy atom. The molecule has 3 atom stereocenters. The molecule has 5 heteroatoms. The van der Waals surface area contributed by atoms with Crippen LogP contribution in [0.2, 0.25) is 0 Å². The smallest absolute Gasteiger partial charge is 0.236 e. The van der Waals surface area contributed by atoms with Gasteiger partial charge < -0.3 is 11.1 Å². The van der Waals surface area contributed by atoms with E-state index < -0.39 is 0 Å². The van der Waals surface area contributed by atoms with Gasteiger partial charge in [-0.3, -0.25) is 15.4 Å². The Balaban J connectivity index is 2.08. The van der Waals surface area contributed by atoms with Gasteiger partial charge in [-0.15, -0.1) is 0 Å². The van der Waals surface area contributed by atoms with Crippen molar-refractivity contribution in [3.63, 3.8) is 0 Å². The number of primary amides is 1. The average molecular weight is 156 g/mol. The minimum absolute atomic E-state index is 0.187. The van der Waals surface area contributed by atoms with Crippen LogP contribution in [-0.4, -0.2) is 37.2 Å². The predicted molar refractivity (Wildman–Crippen MR) is 39.7 cm³/mol. The summed E-state index contributed by atoms with van der Waals surface area (Å²) in [5.41, 5.74) is 5.18. The molecule has 3 unspecified atom stereocenters. The highest BCUT2D eigenvalue weighted by Crippen LogP contribution is 2.10. The summed E-state index contributed by atoms with van der Waals surface area (Å²) in [4.78, 5) is 10.8. The number of amides is 1. The molecule has 2 aliphatic heterocycles. The minimum Gasteiger partial charge on any atom is -0.368 e. The van der Waals surface area contributed by atoms with Gasteiger partial charge in [0.15, 0.2) is 0 Å². The number of hydrogen-bond acceptors (Lipinski definition) is 4. The van der Waals surface area contributed by atoms with Gasteiger partial charge in [-0.1, -0.05) is 0 Å². The minimum atomic E-state index is -0.270. The summed E-state index contributed by atoms with van der Waals surface area (Å²) in [5, 5.41) is 9.46. The van der Waals surface area contributed by atoms with E-state index in [0.29, 0.717) is 6.04 Å². The molecule has 0 aromatic carbocycles. The Kier molecular flexibility index (Phi) is 1.56. The molecule has 0 aromatic heterocycles. The fourth-order valence-corrected chi connectivity index (χ4v) is 1.78. The van der Waals surface area contributed by atoms with Gasteiger partial charge in [0.2, 0.25) is 5.91 Å². The first-order valence-electron chi connectivity index (χ1n) is 3.78. The standard InChI is InChI=1S/C6H12N4O/c7-6(11)5-4-3(1-8-5)9-2-10-4/h3-5,8-10H,1-2H2,(H2,7,11). The molecule has 0 saturated carbocycles. The zero-order chi connectivity index (χ0) is 7.84. The predicted octanol–water partition coefficient (Wildman–Crippen LogP) is -2.67. The fraction of sp³-hybridized carbons (Fsp3) is 0.833. The lowest BCUT2D eigenvalue weighted by Crippen LogP contribution is -2.48. The maximum atomic E-state index is 10.8. The summed E-state index contributed by atoms with van der Waals surface area (Å²) in [6.07, 6.45) is 0. The van der Waals surface area contributed by atoms with Crippen LogP contribution in [0.5, 0.6) is 0 Å². The highest BCUT2D eigenvalue weighted by molar-refractivity contribution is 5.81. The summed E-state index contributed by atoms with van der Waals surface area (Å²) < 4.78 is 0. The van der Waals surface area contributed by atoms with Crippen LogP contribution in [-0.2, 0) is 4.79 Å². The number of hydrogen-bond donors (Lipinski definition) is 4. The van der Waals surface area contributed by atoms with Crippen molar-refractivity contribution in [2.24, 2.45) is 5.73 Å². The monoisotopic (exact) mass is 156 g/mol. The van der Waals surface area contributed by atoms with Crippen LogP contribution in [0.4, 0.5) is 0 Å². The zero-order valence-electron chi connectivity index (χ0n) is 6.13. The summed E-state index contributed by atoms with van der Waals surface area (Å²) >= 11 is 0. The Labute approximate surface area is 64.7 Å². The zero-order valence-corrected chi connectivity index (χ0v) is 6.13. The van der Waals surface area contributed by atoms with E-state index in [9.17, 15) is 4.79 Å². The number of carbonyl (C=O) groups is 1. The first-order valence-corrected chi connectivity index (χ1v) is 3.78. The molecular formula is C6H12N4O. The van der Waals surface area contributed by atoms with Crippen LogP contribution in [0, 0.1) is 0 Å². The van der Waals surface area contributed by atoms with Gasteiger partial charge in [0.25, 0.3) is 0 Å². The van der Waals surface area contributed by atoms with Crippen molar-refractivity contribution in [3.8, 4) is 0 Å². The molecule has 5 nitrogen and oxygen atoms in total. The number of carbonyl (C=O) groups excluding carboxylic acids is 1. The summed E-state index contributed by atoms with van der Waals surface area (Å²) in [7, 11) is 0. The molecule has 11 heavy (non-hydrogen) atoms. The van der Waals surface area contributed by atoms with E-state index in [0.717, 1.165) is 13.2 Å². The molecule has 0 spiro atoms. The lowest BCUT2D eigenvalue weighted by molar-refractivity contribution is -0.120. The lowest BCUT2D eigenvalue weighted by Gasteiger charge is -2.13. The van der Waals surface area contributed by atoms with Crippen molar-refractivity contribution in [3.05, 3.63) is 0 Å². The molecule has 0 aromatic rings. The maximum absolute atomic E-state index is 10.8. The van der Waals surface area contributed by atoms with Gasteiger partial charge in [0, 0.05) is 25.3 Å². The molecule has 62 valence electrons. The third-order valence-corrected chi connectivity index (χ3v) is 2.36. The maximum Gasteiger partial charge on any atom is 0.236 e. The van der Waals surface area contributed by atoms with E-state index in [2.05, 4.69) is 16.0 Å². The van der Waals surface area contributed by atoms with Gasteiger partial charge in [-0.05, 0) is 0 Å². The molecule has 5 N–H and O–H groups in total. The van der Waals surface area contributed by atoms with Crippen molar-refractivity contribution in [2.75, 3.05) is 13.2 Å². The SMILES string of the molecule is NC(=O)C1NCC2NCNC21. The molecule has 0 radical (unpaired) electrons. The van der Waals surface area contributed by atoms with E-state index in [1.807, 2.05) is 0 Å². The van der Waals surface area contributed by atoms with Crippen LogP contribution in [0.3, 0.4) is 0 Å². The van der Waals surface area contributed by atoms with E-state index in [4.69, 9.17) is 5.73 Å². The van der Waals surface area contributed by atoms with Crippen LogP contribution in [0.25, 0.3) is 0 Å². The Hall–Kier alpha value is -0.650. The van der Waals surface area contributed by atoms with Gasteiger partial charge in [-0.2, -0.15) is 0 Å². The second kappa shape index (κ2) is 2.44. The van der Waals surface area contributed by atoms with Crippen LogP contribution in [0.1, 0.15) is 0 Å². The Morgan fingerprint density at radius 2 is 2.18 bits per heavy atom. The van der Waals surface area contributed by atoms with E-state index in [1.54, 1.807) is 0 Å². The molecule has 0 bridgehead atoms. The van der Waals surface area contributed by atoms with Crippen molar-refractivity contribution >= 4 is 5.91 Å². The summed E-state index contributed by atoms with van der Waals surface area (Å²) in [5.74, 6) is -0.270. The van der Waals surface area contributed by atoms with E-state index in [-0.39, 0.29) is 18.0 Å². The highest BCUT2D eigenvalue weighted by atomic mass is 16.1. The van der Waals surface area contributed by atoms with Gasteiger partial charge in [-0.25, -0.2) is 0 Å². The quantitative estimate of drug-likeness (QED) is 0.334. The van der Waals surface area contributed by atoms with Gasteiger partial charge in [0.05, 0.1) is 0 Å². The van der Waals surface area contributed by atoms with E-state index in [1.165, 1.54) is 0 Å². The molecular weight excluding hydrogens is 144 g/mol. The number of nitrogens with one attached hydrogen (secondary N) is 3. The summed E-state index contributed by atoms with van der Waals surface area (Å²) in [6, 6.07) is 0.356. The van der Waals surface area contributed by atoms with Crippen molar-refractivity contribution < 1.29 is 4.79 Å². The van der Waals surface area contributed by atoms with Gasteiger partial charge >= 0.3 is 0 Å². The largest absolute Gasteiger partial charge is 0.368 e. The molecule has 2 saturated heterocycles. The number of rotatable bonds is 1. The topological polar surface area (TPSA) is 79.2 Å². The van der Waals surface area contributed by atoms with Crippen LogP contribution < -0.4 is 21.7 Å². The third kappa shape index (κ3) is 1.01. The normalized spacial score (nSPS) is 42.4. The second-order valence-corrected chi connectivity index (χ2v) is 3.01. The number of fused-ring (bicyclic) bond motifs is 1. The Bertz CT molecular complexity index is 183. The molecule has 2 aliphatic rings. The average Bonchev–Trinajstić information content (AvgIpc) is 2.41. The second-order valence-electron chi connectivity index (χ2n) is 3.01.